The third-order valence-electron chi connectivity index (χ3n) is 4.06. The molecule has 0 fully saturated rings. The van der Waals surface area contributed by atoms with E-state index in [1.165, 1.54) is 11.1 Å². The van der Waals surface area contributed by atoms with Crippen molar-refractivity contribution in [2.45, 2.75) is 25.9 Å². The lowest BCUT2D eigenvalue weighted by molar-refractivity contribution is -0.119. The van der Waals surface area contributed by atoms with Crippen molar-refractivity contribution in [2.24, 2.45) is 5.92 Å². The molecule has 108 valence electrons. The summed E-state index contributed by atoms with van der Waals surface area (Å²) in [6.45, 7) is 1.72. The molecule has 1 unspecified atom stereocenters. The Balaban J connectivity index is 1.69. The second-order valence-corrected chi connectivity index (χ2v) is 5.66. The molecule has 1 amide bonds. The Bertz CT molecular complexity index is 639. The molecular weight excluding hydrogens is 262 g/mol. The number of carbonyl (C=O) groups is 1. The van der Waals surface area contributed by atoms with E-state index in [0.29, 0.717) is 0 Å². The second-order valence-electron chi connectivity index (χ2n) is 5.66. The van der Waals surface area contributed by atoms with Gasteiger partial charge in [-0.1, -0.05) is 36.4 Å². The van der Waals surface area contributed by atoms with Crippen LogP contribution < -0.4 is 5.32 Å². The molecule has 1 aliphatic rings. The van der Waals surface area contributed by atoms with Gasteiger partial charge in [0, 0.05) is 11.6 Å². The number of aliphatic hydroxyl groups excluding tert-OH is 1. The molecule has 0 aliphatic heterocycles. The van der Waals surface area contributed by atoms with Gasteiger partial charge in [0.1, 0.15) is 0 Å². The van der Waals surface area contributed by atoms with Crippen LogP contribution in [0.5, 0.6) is 0 Å². The van der Waals surface area contributed by atoms with Gasteiger partial charge < -0.3 is 10.4 Å². The molecule has 0 heterocycles. The number of anilines is 1. The first-order chi connectivity index (χ1) is 10.1. The minimum atomic E-state index is -0.530. The van der Waals surface area contributed by atoms with Gasteiger partial charge >= 0.3 is 0 Å². The maximum absolute atomic E-state index is 12.4. The van der Waals surface area contributed by atoms with Crippen LogP contribution in [-0.4, -0.2) is 11.0 Å². The van der Waals surface area contributed by atoms with E-state index in [2.05, 4.69) is 17.4 Å². The molecule has 0 bridgehead atoms. The summed E-state index contributed by atoms with van der Waals surface area (Å²) in [4.78, 5) is 12.4. The maximum atomic E-state index is 12.4. The highest BCUT2D eigenvalue weighted by atomic mass is 16.3. The quantitative estimate of drug-likeness (QED) is 0.908. The lowest BCUT2D eigenvalue weighted by atomic mass is 10.0. The number of rotatable bonds is 3. The van der Waals surface area contributed by atoms with Crippen LogP contribution in [0.3, 0.4) is 0 Å². The summed E-state index contributed by atoms with van der Waals surface area (Å²) in [6.07, 6.45) is 1.08. The fraction of sp³-hybridized carbons (Fsp3) is 0.278. The van der Waals surface area contributed by atoms with Crippen LogP contribution in [0, 0.1) is 5.92 Å². The normalized spacial score (nSPS) is 15.5. The van der Waals surface area contributed by atoms with Gasteiger partial charge in [-0.15, -0.1) is 0 Å². The molecule has 0 spiro atoms. The summed E-state index contributed by atoms with van der Waals surface area (Å²) < 4.78 is 0. The average molecular weight is 281 g/mol. The minimum Gasteiger partial charge on any atom is -0.389 e. The van der Waals surface area contributed by atoms with Gasteiger partial charge in [0.05, 0.1) is 6.10 Å². The van der Waals surface area contributed by atoms with Gasteiger partial charge in [-0.25, -0.2) is 0 Å². The van der Waals surface area contributed by atoms with Crippen molar-refractivity contribution >= 4 is 11.6 Å². The summed E-state index contributed by atoms with van der Waals surface area (Å²) in [7, 11) is 0. The molecule has 1 aliphatic carbocycles. The molecule has 21 heavy (non-hydrogen) atoms. The van der Waals surface area contributed by atoms with E-state index in [0.717, 1.165) is 24.1 Å². The number of carbonyl (C=O) groups excluding carboxylic acids is 1. The van der Waals surface area contributed by atoms with Gasteiger partial charge in [-0.05, 0) is 48.6 Å². The van der Waals surface area contributed by atoms with Gasteiger partial charge in [0.25, 0.3) is 0 Å². The topological polar surface area (TPSA) is 49.3 Å². The zero-order valence-electron chi connectivity index (χ0n) is 12.0. The first-order valence-corrected chi connectivity index (χ1v) is 7.29. The van der Waals surface area contributed by atoms with Crippen molar-refractivity contribution in [2.75, 3.05) is 5.32 Å². The number of benzene rings is 2. The molecule has 0 saturated carbocycles. The van der Waals surface area contributed by atoms with E-state index in [4.69, 9.17) is 0 Å². The molecule has 0 radical (unpaired) electrons. The minimum absolute atomic E-state index is 0.00222. The fourth-order valence-electron chi connectivity index (χ4n) is 2.86. The molecule has 1 atom stereocenters. The summed E-state index contributed by atoms with van der Waals surface area (Å²) in [5, 5.41) is 12.6. The Hall–Kier alpha value is -2.13. The number of hydrogen-bond acceptors (Lipinski definition) is 2. The Morgan fingerprint density at radius 3 is 2.43 bits per heavy atom. The van der Waals surface area contributed by atoms with E-state index in [1.54, 1.807) is 6.92 Å². The van der Waals surface area contributed by atoms with Crippen molar-refractivity contribution < 1.29 is 9.90 Å². The molecule has 2 aromatic carbocycles. The number of amides is 1. The molecular formula is C18H19NO2. The average Bonchev–Trinajstić information content (AvgIpc) is 2.91. The number of aliphatic hydroxyl groups is 1. The molecule has 3 nitrogen and oxygen atoms in total. The predicted octanol–water partition coefficient (Wildman–Crippen LogP) is 3.09. The lowest BCUT2D eigenvalue weighted by Gasteiger charge is -2.12. The summed E-state index contributed by atoms with van der Waals surface area (Å²) in [6, 6.07) is 15.6. The smallest absolute Gasteiger partial charge is 0.228 e. The monoisotopic (exact) mass is 281 g/mol. The summed E-state index contributed by atoms with van der Waals surface area (Å²) in [5.74, 6) is 0.0477. The first kappa shape index (κ1) is 13.8. The largest absolute Gasteiger partial charge is 0.389 e. The number of hydrogen-bond donors (Lipinski definition) is 2. The maximum Gasteiger partial charge on any atom is 0.228 e. The Kier molecular flexibility index (Phi) is 3.76. The SMILES string of the molecule is CC(O)c1cccc(NC(=O)C2Cc3ccccc3C2)c1. The van der Waals surface area contributed by atoms with Crippen LogP contribution >= 0.6 is 0 Å². The van der Waals surface area contributed by atoms with Gasteiger partial charge in [-0.3, -0.25) is 4.79 Å². The van der Waals surface area contributed by atoms with Crippen molar-refractivity contribution in [3.05, 3.63) is 65.2 Å². The highest BCUT2D eigenvalue weighted by Crippen LogP contribution is 2.27. The zero-order chi connectivity index (χ0) is 14.8. The third-order valence-corrected chi connectivity index (χ3v) is 4.06. The predicted molar refractivity (Wildman–Crippen MR) is 83.0 cm³/mol. The molecule has 2 aromatic rings. The zero-order valence-corrected chi connectivity index (χ0v) is 12.0. The molecule has 0 saturated heterocycles. The Labute approximate surface area is 124 Å². The number of nitrogens with one attached hydrogen (secondary N) is 1. The van der Waals surface area contributed by atoms with E-state index in [-0.39, 0.29) is 11.8 Å². The number of fused-ring (bicyclic) bond motifs is 1. The van der Waals surface area contributed by atoms with Crippen LogP contribution in [0.1, 0.15) is 29.7 Å². The molecule has 2 N–H and O–H groups in total. The Morgan fingerprint density at radius 2 is 1.81 bits per heavy atom. The van der Waals surface area contributed by atoms with Gasteiger partial charge in [-0.2, -0.15) is 0 Å². The second kappa shape index (κ2) is 5.70. The van der Waals surface area contributed by atoms with Crippen molar-refractivity contribution in [1.82, 2.24) is 0 Å². The van der Waals surface area contributed by atoms with E-state index >= 15 is 0 Å². The van der Waals surface area contributed by atoms with Crippen LogP contribution in [0.25, 0.3) is 0 Å². The van der Waals surface area contributed by atoms with Gasteiger partial charge in [0.2, 0.25) is 5.91 Å². The highest BCUT2D eigenvalue weighted by Gasteiger charge is 2.27. The van der Waals surface area contributed by atoms with Gasteiger partial charge in [0.15, 0.2) is 0 Å². The summed E-state index contributed by atoms with van der Waals surface area (Å²) in [5.41, 5.74) is 4.10. The Morgan fingerprint density at radius 1 is 1.14 bits per heavy atom. The fourth-order valence-corrected chi connectivity index (χ4v) is 2.86. The van der Waals surface area contributed by atoms with Crippen LogP contribution in [0.2, 0.25) is 0 Å². The lowest BCUT2D eigenvalue weighted by Crippen LogP contribution is -2.23. The van der Waals surface area contributed by atoms with Crippen LogP contribution in [0.15, 0.2) is 48.5 Å². The van der Waals surface area contributed by atoms with Crippen LogP contribution in [0.4, 0.5) is 5.69 Å². The summed E-state index contributed by atoms with van der Waals surface area (Å²) >= 11 is 0. The first-order valence-electron chi connectivity index (χ1n) is 7.29. The van der Waals surface area contributed by atoms with Crippen molar-refractivity contribution in [3.63, 3.8) is 0 Å². The third kappa shape index (κ3) is 2.98. The van der Waals surface area contributed by atoms with E-state index in [1.807, 2.05) is 36.4 Å². The molecule has 0 aromatic heterocycles. The van der Waals surface area contributed by atoms with Crippen LogP contribution in [-0.2, 0) is 17.6 Å². The highest BCUT2D eigenvalue weighted by molar-refractivity contribution is 5.93. The van der Waals surface area contributed by atoms with Crippen molar-refractivity contribution in [3.8, 4) is 0 Å². The van der Waals surface area contributed by atoms with Crippen molar-refractivity contribution in [1.29, 1.82) is 0 Å². The molecule has 3 heteroatoms. The molecule has 3 rings (SSSR count). The standard InChI is InChI=1S/C18H19NO2/c1-12(20)13-7-4-8-17(11-13)19-18(21)16-9-14-5-2-3-6-15(14)10-16/h2-8,11-12,16,20H,9-10H2,1H3,(H,19,21). The van der Waals surface area contributed by atoms with E-state index < -0.39 is 6.10 Å². The van der Waals surface area contributed by atoms with E-state index in [9.17, 15) is 9.90 Å².